The molecule has 0 aliphatic rings. The second-order valence-corrected chi connectivity index (χ2v) is 8.71. The van der Waals surface area contributed by atoms with Gasteiger partial charge in [-0.1, -0.05) is 60.3 Å². The number of amides is 1. The van der Waals surface area contributed by atoms with E-state index in [0.717, 1.165) is 22.9 Å². The van der Waals surface area contributed by atoms with E-state index >= 15 is 0 Å². The number of thioether (sulfide) groups is 1. The van der Waals surface area contributed by atoms with Crippen molar-refractivity contribution < 1.29 is 9.90 Å². The summed E-state index contributed by atoms with van der Waals surface area (Å²) < 4.78 is 1.54. The molecule has 35 heavy (non-hydrogen) atoms. The quantitative estimate of drug-likeness (QED) is 0.127. The fourth-order valence-corrected chi connectivity index (χ4v) is 4.41. The molecule has 0 fully saturated rings. The molecule has 0 bridgehead atoms. The number of hydrogen-bond donors (Lipinski definition) is 2. The first-order chi connectivity index (χ1) is 17.0. The number of benzene rings is 3. The number of aryl methyl sites for hydroxylation is 1. The van der Waals surface area contributed by atoms with Crippen molar-refractivity contribution in [3.8, 4) is 11.4 Å². The average Bonchev–Trinajstić information content (AvgIpc) is 2.86. The van der Waals surface area contributed by atoms with Gasteiger partial charge in [0.25, 0.3) is 11.5 Å². The Balaban J connectivity index is 1.55. The summed E-state index contributed by atoms with van der Waals surface area (Å²) in [5.41, 5.74) is 5.68. The number of hydrogen-bond acceptors (Lipinski definition) is 6. The number of phenolic OH excluding ortho intramolecular Hbond substituents is 1. The van der Waals surface area contributed by atoms with Crippen molar-refractivity contribution in [1.82, 2.24) is 15.0 Å². The van der Waals surface area contributed by atoms with E-state index < -0.39 is 0 Å². The molecule has 1 heterocycles. The molecule has 7 nitrogen and oxygen atoms in total. The molecule has 3 aromatic carbocycles. The summed E-state index contributed by atoms with van der Waals surface area (Å²) in [6.45, 7) is 5.60. The lowest BCUT2D eigenvalue weighted by Crippen LogP contribution is -2.24. The van der Waals surface area contributed by atoms with Crippen molar-refractivity contribution in [2.75, 3.05) is 5.75 Å². The van der Waals surface area contributed by atoms with E-state index in [4.69, 9.17) is 0 Å². The highest BCUT2D eigenvalue weighted by Crippen LogP contribution is 2.23. The predicted molar refractivity (Wildman–Crippen MR) is 141 cm³/mol. The molecule has 0 aliphatic carbocycles. The van der Waals surface area contributed by atoms with Crippen LogP contribution in [0.15, 0.2) is 94.4 Å². The zero-order chi connectivity index (χ0) is 24.8. The van der Waals surface area contributed by atoms with Crippen LogP contribution in [0.3, 0.4) is 0 Å². The van der Waals surface area contributed by atoms with Gasteiger partial charge < -0.3 is 5.11 Å². The molecule has 0 saturated heterocycles. The lowest BCUT2D eigenvalue weighted by molar-refractivity contribution is -0.118. The number of nitrogens with one attached hydrogen (secondary N) is 1. The van der Waals surface area contributed by atoms with Gasteiger partial charge in [-0.15, -0.1) is 6.58 Å². The maximum absolute atomic E-state index is 13.3. The molecule has 4 rings (SSSR count). The zero-order valence-electron chi connectivity index (χ0n) is 19.1. The predicted octanol–water partition coefficient (Wildman–Crippen LogP) is 4.37. The summed E-state index contributed by atoms with van der Waals surface area (Å²) in [6, 6.07) is 20.0. The summed E-state index contributed by atoms with van der Waals surface area (Å²) in [5.74, 6) is -0.273. The first-order valence-electron chi connectivity index (χ1n) is 10.9. The van der Waals surface area contributed by atoms with E-state index in [9.17, 15) is 14.7 Å². The van der Waals surface area contributed by atoms with Gasteiger partial charge in [0.15, 0.2) is 5.16 Å². The number of aromatic hydroxyl groups is 1. The second kappa shape index (κ2) is 10.8. The molecule has 0 saturated carbocycles. The van der Waals surface area contributed by atoms with E-state index in [2.05, 4.69) is 22.1 Å². The van der Waals surface area contributed by atoms with Gasteiger partial charge in [-0.05, 0) is 48.7 Å². The Morgan fingerprint density at radius 3 is 2.71 bits per heavy atom. The molecule has 0 unspecified atom stereocenters. The molecule has 1 amide bonds. The van der Waals surface area contributed by atoms with Gasteiger partial charge in [0, 0.05) is 5.56 Å². The molecule has 0 atom stereocenters. The lowest BCUT2D eigenvalue weighted by Gasteiger charge is -2.14. The van der Waals surface area contributed by atoms with Gasteiger partial charge >= 0.3 is 0 Å². The molecule has 2 N–H and O–H groups in total. The van der Waals surface area contributed by atoms with Gasteiger partial charge in [0.1, 0.15) is 5.75 Å². The number of carbonyl (C=O) groups is 1. The molecular formula is C27H24N4O3S. The maximum atomic E-state index is 13.3. The van der Waals surface area contributed by atoms with Crippen molar-refractivity contribution in [3.63, 3.8) is 0 Å². The van der Waals surface area contributed by atoms with E-state index in [1.807, 2.05) is 37.3 Å². The second-order valence-electron chi connectivity index (χ2n) is 7.77. The number of allylic oxidation sites excluding steroid dienone is 1. The van der Waals surface area contributed by atoms with Gasteiger partial charge in [-0.2, -0.15) is 5.10 Å². The molecule has 1 aromatic heterocycles. The van der Waals surface area contributed by atoms with Crippen LogP contribution in [-0.2, 0) is 11.2 Å². The third-order valence-electron chi connectivity index (χ3n) is 5.34. The normalized spacial score (nSPS) is 11.1. The number of carbonyl (C=O) groups excluding carboxylic acids is 1. The average molecular weight is 485 g/mol. The third kappa shape index (κ3) is 5.33. The van der Waals surface area contributed by atoms with Crippen molar-refractivity contribution in [2.24, 2.45) is 5.10 Å². The van der Waals surface area contributed by atoms with Crippen LogP contribution in [0.5, 0.6) is 5.75 Å². The number of hydrazone groups is 1. The van der Waals surface area contributed by atoms with Crippen LogP contribution in [0.1, 0.15) is 16.7 Å². The van der Waals surface area contributed by atoms with E-state index in [0.29, 0.717) is 33.7 Å². The van der Waals surface area contributed by atoms with Gasteiger partial charge in [-0.25, -0.2) is 10.4 Å². The van der Waals surface area contributed by atoms with Crippen LogP contribution in [0.25, 0.3) is 16.6 Å². The summed E-state index contributed by atoms with van der Waals surface area (Å²) in [6.07, 6.45) is 3.62. The number of phenols is 1. The first kappa shape index (κ1) is 24.0. The third-order valence-corrected chi connectivity index (χ3v) is 6.28. The topological polar surface area (TPSA) is 96.6 Å². The Kier molecular flexibility index (Phi) is 7.42. The Hall–Kier alpha value is -4.17. The minimum atomic E-state index is -0.369. The smallest absolute Gasteiger partial charge is 0.266 e. The number of aromatic nitrogens is 2. The largest absolute Gasteiger partial charge is 0.507 e. The molecule has 0 aliphatic heterocycles. The van der Waals surface area contributed by atoms with Crippen molar-refractivity contribution in [1.29, 1.82) is 0 Å². The van der Waals surface area contributed by atoms with Crippen LogP contribution in [0.4, 0.5) is 0 Å². The highest BCUT2D eigenvalue weighted by atomic mass is 32.2. The Morgan fingerprint density at radius 1 is 1.14 bits per heavy atom. The number of para-hydroxylation sites is 3. The number of nitrogens with zero attached hydrogens (tertiary/aromatic N) is 3. The van der Waals surface area contributed by atoms with Gasteiger partial charge in [0.05, 0.1) is 28.6 Å². The molecule has 0 radical (unpaired) electrons. The minimum Gasteiger partial charge on any atom is -0.507 e. The van der Waals surface area contributed by atoms with Crippen molar-refractivity contribution in [3.05, 3.63) is 106 Å². The zero-order valence-corrected chi connectivity index (χ0v) is 20.0. The van der Waals surface area contributed by atoms with Gasteiger partial charge in [-0.3, -0.25) is 14.2 Å². The summed E-state index contributed by atoms with van der Waals surface area (Å²) in [4.78, 5) is 30.5. The summed E-state index contributed by atoms with van der Waals surface area (Å²) in [7, 11) is 0. The Morgan fingerprint density at radius 2 is 1.91 bits per heavy atom. The van der Waals surface area contributed by atoms with E-state index in [1.165, 1.54) is 6.21 Å². The van der Waals surface area contributed by atoms with Crippen LogP contribution in [-0.4, -0.2) is 32.5 Å². The molecule has 176 valence electrons. The summed E-state index contributed by atoms with van der Waals surface area (Å²) in [5, 5.41) is 15.2. The fraction of sp³-hybridized carbons (Fsp3) is 0.111. The highest BCUT2D eigenvalue weighted by Gasteiger charge is 2.16. The Bertz CT molecular complexity index is 1490. The summed E-state index contributed by atoms with van der Waals surface area (Å²) >= 11 is 1.15. The SMILES string of the molecule is C=CCc1cccc(/C=N/NC(=O)CSc2nc3ccccc3c(=O)n2-c2ccccc2C)c1O. The highest BCUT2D eigenvalue weighted by molar-refractivity contribution is 7.99. The van der Waals surface area contributed by atoms with E-state index in [-0.39, 0.29) is 23.0 Å². The van der Waals surface area contributed by atoms with Crippen LogP contribution >= 0.6 is 11.8 Å². The number of fused-ring (bicyclic) bond motifs is 1. The number of rotatable bonds is 8. The maximum Gasteiger partial charge on any atom is 0.266 e. The first-order valence-corrected chi connectivity index (χ1v) is 11.9. The van der Waals surface area contributed by atoms with E-state index in [1.54, 1.807) is 47.0 Å². The lowest BCUT2D eigenvalue weighted by atomic mass is 10.1. The fourth-order valence-electron chi connectivity index (χ4n) is 3.61. The molecular weight excluding hydrogens is 460 g/mol. The van der Waals surface area contributed by atoms with Crippen LogP contribution in [0, 0.1) is 6.92 Å². The van der Waals surface area contributed by atoms with Crippen LogP contribution in [0.2, 0.25) is 0 Å². The van der Waals surface area contributed by atoms with Crippen LogP contribution < -0.4 is 11.0 Å². The molecule has 4 aromatic rings. The van der Waals surface area contributed by atoms with Crippen molar-refractivity contribution >= 4 is 34.8 Å². The van der Waals surface area contributed by atoms with Crippen molar-refractivity contribution in [2.45, 2.75) is 18.5 Å². The monoisotopic (exact) mass is 484 g/mol. The standard InChI is InChI=1S/C27H24N4O3S/c1-3-9-19-11-8-12-20(25(19)33)16-28-30-24(32)17-35-27-29-22-14-6-5-13-21(22)26(34)31(27)23-15-7-4-10-18(23)2/h3-8,10-16,33H,1,9,17H2,2H3,(H,30,32)/b28-16+. The molecule has 0 spiro atoms. The molecule has 8 heteroatoms. The van der Waals surface area contributed by atoms with Gasteiger partial charge in [0.2, 0.25) is 0 Å². The Labute approximate surface area is 206 Å². The minimum absolute atomic E-state index is 0.00348.